The van der Waals surface area contributed by atoms with Crippen LogP contribution in [0.2, 0.25) is 0 Å². The van der Waals surface area contributed by atoms with Crippen LogP contribution in [0.25, 0.3) is 11.3 Å². The van der Waals surface area contributed by atoms with Gasteiger partial charge in [0, 0.05) is 17.7 Å². The number of nitriles is 1. The molecule has 3 N–H and O–H groups in total. The molecule has 2 heterocycles. The van der Waals surface area contributed by atoms with Crippen LogP contribution in [0.15, 0.2) is 36.4 Å². The molecule has 1 fully saturated rings. The summed E-state index contributed by atoms with van der Waals surface area (Å²) < 4.78 is 5.93. The number of unbranched alkanes of at least 4 members (excludes halogenated alkanes) is 1. The van der Waals surface area contributed by atoms with Crippen LogP contribution in [0, 0.1) is 11.3 Å². The lowest BCUT2D eigenvalue weighted by molar-refractivity contribution is 0.0944. The summed E-state index contributed by atoms with van der Waals surface area (Å²) >= 11 is 0. The van der Waals surface area contributed by atoms with Crippen molar-refractivity contribution in [3.05, 3.63) is 69.9 Å². The smallest absolute Gasteiger partial charge is 0.269 e. The molecule has 0 unspecified atom stereocenters. The first-order valence-electron chi connectivity index (χ1n) is 14.5. The summed E-state index contributed by atoms with van der Waals surface area (Å²) in [7, 11) is 1.83. The van der Waals surface area contributed by atoms with E-state index in [0.717, 1.165) is 63.1 Å². The number of aliphatic hydroxyl groups excluding tert-OH is 1. The molecule has 40 heavy (non-hydrogen) atoms. The maximum absolute atomic E-state index is 12.8. The van der Waals surface area contributed by atoms with Gasteiger partial charge in [0.2, 0.25) is 0 Å². The Hall–Kier alpha value is -3.67. The Kier molecular flexibility index (Phi) is 9.15. The number of nitrogens with zero attached hydrogens (tertiary/aromatic N) is 3. The van der Waals surface area contributed by atoms with Crippen molar-refractivity contribution in [1.82, 2.24) is 20.4 Å². The number of benzene rings is 2. The van der Waals surface area contributed by atoms with Gasteiger partial charge in [-0.05, 0) is 106 Å². The zero-order valence-electron chi connectivity index (χ0n) is 23.3. The number of fused-ring (bicyclic) bond motifs is 1. The molecule has 0 saturated carbocycles. The molecule has 1 amide bonds. The summed E-state index contributed by atoms with van der Waals surface area (Å²) in [5, 5.41) is 28.9. The van der Waals surface area contributed by atoms with Crippen LogP contribution in [-0.4, -0.2) is 59.4 Å². The van der Waals surface area contributed by atoms with Gasteiger partial charge in [-0.25, -0.2) is 0 Å². The van der Waals surface area contributed by atoms with Crippen LogP contribution < -0.4 is 10.1 Å². The fourth-order valence-electron chi connectivity index (χ4n) is 6.24. The van der Waals surface area contributed by atoms with E-state index in [0.29, 0.717) is 29.3 Å². The standard InChI is InChI=1S/C32H39N5O3/c1-40-31-26-7-3-2-6-23(26)12-13-27(31)24-14-18-37(19-15-24)17-5-4-16-34-32(39)30-28(21-38)29(35-36-30)25-10-8-22(20-33)9-11-25/h8-13,24,38H,2-7,14-19,21H2,1H3,(H,34,39)(H,35,36). The van der Waals surface area contributed by atoms with Crippen molar-refractivity contribution in [3.8, 4) is 23.1 Å². The first-order chi connectivity index (χ1) is 19.6. The van der Waals surface area contributed by atoms with Crippen LogP contribution >= 0.6 is 0 Å². The van der Waals surface area contributed by atoms with E-state index < -0.39 is 0 Å². The van der Waals surface area contributed by atoms with E-state index in [2.05, 4.69) is 38.6 Å². The number of hydrogen-bond acceptors (Lipinski definition) is 6. The van der Waals surface area contributed by atoms with E-state index in [1.165, 1.54) is 36.0 Å². The second-order valence-electron chi connectivity index (χ2n) is 10.9. The third-order valence-electron chi connectivity index (χ3n) is 8.47. The van der Waals surface area contributed by atoms with Gasteiger partial charge < -0.3 is 20.1 Å². The van der Waals surface area contributed by atoms with E-state index in [9.17, 15) is 9.90 Å². The van der Waals surface area contributed by atoms with Gasteiger partial charge in [0.05, 0.1) is 31.0 Å². The summed E-state index contributed by atoms with van der Waals surface area (Å²) in [5.41, 5.74) is 6.87. The van der Waals surface area contributed by atoms with Crippen molar-refractivity contribution in [3.63, 3.8) is 0 Å². The number of aromatic amines is 1. The molecule has 2 aromatic carbocycles. The van der Waals surface area contributed by atoms with Crippen LogP contribution in [-0.2, 0) is 19.4 Å². The molecule has 0 atom stereocenters. The maximum Gasteiger partial charge on any atom is 0.269 e. The number of methoxy groups -OCH3 is 1. The summed E-state index contributed by atoms with van der Waals surface area (Å²) in [6.07, 6.45) is 9.06. The summed E-state index contributed by atoms with van der Waals surface area (Å²) in [4.78, 5) is 15.3. The number of aryl methyl sites for hydroxylation is 1. The number of H-pyrrole nitrogens is 1. The largest absolute Gasteiger partial charge is 0.496 e. The molecule has 0 bridgehead atoms. The second-order valence-corrected chi connectivity index (χ2v) is 10.9. The molecule has 1 aromatic heterocycles. The van der Waals surface area contributed by atoms with Gasteiger partial charge >= 0.3 is 0 Å². The molecule has 0 spiro atoms. The van der Waals surface area contributed by atoms with Crippen molar-refractivity contribution >= 4 is 5.91 Å². The lowest BCUT2D eigenvalue weighted by Crippen LogP contribution is -2.34. The summed E-state index contributed by atoms with van der Waals surface area (Å²) in [6.45, 7) is 3.46. The lowest BCUT2D eigenvalue weighted by Gasteiger charge is -2.33. The number of carbonyl (C=O) groups excluding carboxylic acids is 1. The minimum absolute atomic E-state index is 0.267. The fourth-order valence-corrected chi connectivity index (χ4v) is 6.24. The third-order valence-corrected chi connectivity index (χ3v) is 8.47. The Morgan fingerprint density at radius 2 is 1.93 bits per heavy atom. The normalized spacial score (nSPS) is 15.8. The number of aromatic nitrogens is 2. The summed E-state index contributed by atoms with van der Waals surface area (Å²) in [5.74, 6) is 1.44. The number of likely N-dealkylation sites (tertiary alicyclic amines) is 1. The molecule has 8 nitrogen and oxygen atoms in total. The third kappa shape index (κ3) is 6.06. The van der Waals surface area contributed by atoms with Crippen molar-refractivity contribution in [2.75, 3.05) is 33.3 Å². The quantitative estimate of drug-likeness (QED) is 0.320. The zero-order valence-corrected chi connectivity index (χ0v) is 23.3. The van der Waals surface area contributed by atoms with Gasteiger partial charge in [-0.3, -0.25) is 9.89 Å². The van der Waals surface area contributed by atoms with E-state index in [1.807, 2.05) is 7.11 Å². The summed E-state index contributed by atoms with van der Waals surface area (Å²) in [6, 6.07) is 13.7. The highest BCUT2D eigenvalue weighted by Gasteiger charge is 2.26. The number of ether oxygens (including phenoxy) is 1. The maximum atomic E-state index is 12.8. The Labute approximate surface area is 236 Å². The Bertz CT molecular complexity index is 1350. The van der Waals surface area contributed by atoms with E-state index >= 15 is 0 Å². The molecular weight excluding hydrogens is 502 g/mol. The Balaban J connectivity index is 1.06. The minimum atomic E-state index is -0.304. The highest BCUT2D eigenvalue weighted by molar-refractivity contribution is 5.95. The minimum Gasteiger partial charge on any atom is -0.496 e. The van der Waals surface area contributed by atoms with Crippen molar-refractivity contribution < 1.29 is 14.6 Å². The number of aliphatic hydroxyl groups is 1. The Morgan fingerprint density at radius 1 is 1.15 bits per heavy atom. The van der Waals surface area contributed by atoms with Crippen LogP contribution in [0.5, 0.6) is 5.75 Å². The average molecular weight is 542 g/mol. The number of amides is 1. The molecule has 1 aliphatic carbocycles. The van der Waals surface area contributed by atoms with Crippen LogP contribution in [0.3, 0.4) is 0 Å². The van der Waals surface area contributed by atoms with Gasteiger partial charge in [0.25, 0.3) is 5.91 Å². The highest BCUT2D eigenvalue weighted by atomic mass is 16.5. The molecule has 0 radical (unpaired) electrons. The number of hydrogen-bond donors (Lipinski definition) is 3. The van der Waals surface area contributed by atoms with E-state index in [4.69, 9.17) is 10.00 Å². The average Bonchev–Trinajstić information content (AvgIpc) is 3.45. The number of carbonyl (C=O) groups is 1. The molecule has 1 saturated heterocycles. The van der Waals surface area contributed by atoms with E-state index in [1.54, 1.807) is 24.3 Å². The SMILES string of the molecule is COc1c(C2CCN(CCCCNC(=O)c3[nH]nc(-c4ccc(C#N)cc4)c3CO)CC2)ccc2c1CCCC2. The van der Waals surface area contributed by atoms with Gasteiger partial charge in [-0.15, -0.1) is 0 Å². The second kappa shape index (κ2) is 13.1. The van der Waals surface area contributed by atoms with Crippen LogP contribution in [0.1, 0.15) is 82.7 Å². The monoisotopic (exact) mass is 541 g/mol. The highest BCUT2D eigenvalue weighted by Crippen LogP contribution is 2.40. The number of nitrogens with one attached hydrogen (secondary N) is 2. The van der Waals surface area contributed by atoms with Crippen molar-refractivity contribution in [1.29, 1.82) is 5.26 Å². The zero-order chi connectivity index (χ0) is 27.9. The topological polar surface area (TPSA) is 114 Å². The van der Waals surface area contributed by atoms with Crippen molar-refractivity contribution in [2.24, 2.45) is 0 Å². The predicted octanol–water partition coefficient (Wildman–Crippen LogP) is 4.72. The molecule has 2 aliphatic rings. The molecule has 8 heteroatoms. The Morgan fingerprint density at radius 3 is 2.65 bits per heavy atom. The number of rotatable bonds is 10. The van der Waals surface area contributed by atoms with Gasteiger partial charge in [0.15, 0.2) is 0 Å². The molecule has 210 valence electrons. The van der Waals surface area contributed by atoms with Gasteiger partial charge in [-0.2, -0.15) is 10.4 Å². The van der Waals surface area contributed by atoms with Gasteiger partial charge in [-0.1, -0.05) is 24.3 Å². The lowest BCUT2D eigenvalue weighted by atomic mass is 9.83. The predicted molar refractivity (Wildman–Crippen MR) is 154 cm³/mol. The van der Waals surface area contributed by atoms with Crippen molar-refractivity contribution in [2.45, 2.75) is 63.9 Å². The molecule has 1 aliphatic heterocycles. The first kappa shape index (κ1) is 27.9. The fraction of sp³-hybridized carbons (Fsp3) is 0.469. The van der Waals surface area contributed by atoms with E-state index in [-0.39, 0.29) is 18.2 Å². The molecule has 3 aromatic rings. The number of piperidine rings is 1. The molecular formula is C32H39N5O3. The first-order valence-corrected chi connectivity index (χ1v) is 14.5. The molecule has 5 rings (SSSR count). The van der Waals surface area contributed by atoms with Gasteiger partial charge in [0.1, 0.15) is 11.4 Å². The van der Waals surface area contributed by atoms with Crippen LogP contribution in [0.4, 0.5) is 0 Å².